The number of ketones is 2. The molecule has 0 radical (unpaired) electrons. The van der Waals surface area contributed by atoms with Crippen LogP contribution in [0.5, 0.6) is 0 Å². The van der Waals surface area contributed by atoms with Crippen LogP contribution >= 0.6 is 0 Å². The molecule has 0 amide bonds. The highest BCUT2D eigenvalue weighted by atomic mass is 16.3. The first-order valence-electron chi connectivity index (χ1n) is 8.89. The van der Waals surface area contributed by atoms with Crippen molar-refractivity contribution in [3.05, 3.63) is 112 Å². The van der Waals surface area contributed by atoms with Gasteiger partial charge in [0.05, 0.1) is 0 Å². The number of carbonyl (C=O) groups excluding carboxylic acids is 2. The normalized spacial score (nSPS) is 22.5. The average Bonchev–Trinajstić information content (AvgIpc) is 3.19. The molecule has 1 spiro atoms. The Balaban J connectivity index is 1.78. The van der Waals surface area contributed by atoms with E-state index in [-0.39, 0.29) is 11.6 Å². The number of aliphatic hydroxyl groups is 1. The van der Waals surface area contributed by atoms with Crippen LogP contribution in [0.2, 0.25) is 0 Å². The van der Waals surface area contributed by atoms with E-state index in [1.165, 1.54) is 0 Å². The molecular weight excluding hydrogens is 336 g/mol. The van der Waals surface area contributed by atoms with Crippen LogP contribution in [0, 0.1) is 0 Å². The number of Topliss-reactive ketones (excluding diaryl/α,β-unsaturated/α-hetero) is 2. The average molecular weight is 352 g/mol. The summed E-state index contributed by atoms with van der Waals surface area (Å²) in [6, 6.07) is 23.4. The first-order valence-corrected chi connectivity index (χ1v) is 8.89. The molecule has 0 saturated heterocycles. The summed E-state index contributed by atoms with van der Waals surface area (Å²) in [4.78, 5) is 27.0. The van der Waals surface area contributed by atoms with Crippen LogP contribution in [-0.2, 0) is 5.41 Å². The molecule has 0 heterocycles. The van der Waals surface area contributed by atoms with E-state index in [0.717, 1.165) is 5.56 Å². The lowest BCUT2D eigenvalue weighted by molar-refractivity contribution is 0.0698. The van der Waals surface area contributed by atoms with Crippen molar-refractivity contribution < 1.29 is 14.7 Å². The van der Waals surface area contributed by atoms with Crippen molar-refractivity contribution in [3.63, 3.8) is 0 Å². The van der Waals surface area contributed by atoms with Gasteiger partial charge in [-0.1, -0.05) is 78.9 Å². The predicted octanol–water partition coefficient (Wildman–Crippen LogP) is 4.13. The minimum atomic E-state index is -1.38. The summed E-state index contributed by atoms with van der Waals surface area (Å²) in [7, 11) is 0. The van der Waals surface area contributed by atoms with E-state index in [2.05, 4.69) is 0 Å². The first-order chi connectivity index (χ1) is 13.2. The van der Waals surface area contributed by atoms with Crippen LogP contribution in [0.4, 0.5) is 0 Å². The number of carbonyl (C=O) groups is 2. The standard InChI is InChI=1S/C24H16O3/c25-21(15-8-2-1-3-9-15)20-14-16-10-4-7-13-19(16)24(20)22(26)17-11-5-6-12-18(17)23(24)27/h1-14,22,26H/t22?,24-/m1/s1. The van der Waals surface area contributed by atoms with Gasteiger partial charge < -0.3 is 5.11 Å². The summed E-state index contributed by atoms with van der Waals surface area (Å²) >= 11 is 0. The van der Waals surface area contributed by atoms with Gasteiger partial charge in [-0.25, -0.2) is 0 Å². The zero-order valence-electron chi connectivity index (χ0n) is 14.4. The van der Waals surface area contributed by atoms with Gasteiger partial charge in [0.15, 0.2) is 11.6 Å². The van der Waals surface area contributed by atoms with E-state index in [0.29, 0.717) is 27.8 Å². The quantitative estimate of drug-likeness (QED) is 0.706. The molecule has 0 saturated carbocycles. The Morgan fingerprint density at radius 3 is 2.30 bits per heavy atom. The van der Waals surface area contributed by atoms with Crippen LogP contribution < -0.4 is 0 Å². The Hall–Kier alpha value is -3.30. The zero-order chi connectivity index (χ0) is 18.6. The summed E-state index contributed by atoms with van der Waals surface area (Å²) < 4.78 is 0. The highest BCUT2D eigenvalue weighted by Crippen LogP contribution is 2.56. The van der Waals surface area contributed by atoms with E-state index < -0.39 is 11.5 Å². The highest BCUT2D eigenvalue weighted by Gasteiger charge is 2.60. The number of hydrogen-bond acceptors (Lipinski definition) is 3. The molecule has 3 aromatic carbocycles. The van der Waals surface area contributed by atoms with Crippen molar-refractivity contribution in [2.75, 3.05) is 0 Å². The molecule has 0 fully saturated rings. The maximum atomic E-state index is 13.6. The van der Waals surface area contributed by atoms with Gasteiger partial charge in [-0.2, -0.15) is 0 Å². The summed E-state index contributed by atoms with van der Waals surface area (Å²) in [6.07, 6.45) is 0.668. The molecule has 3 heteroatoms. The number of fused-ring (bicyclic) bond motifs is 3. The Labute approximate surface area is 156 Å². The van der Waals surface area contributed by atoms with E-state index in [4.69, 9.17) is 0 Å². The second-order valence-corrected chi connectivity index (χ2v) is 6.97. The molecule has 130 valence electrons. The molecule has 2 aliphatic rings. The van der Waals surface area contributed by atoms with Gasteiger partial charge in [0.2, 0.25) is 0 Å². The predicted molar refractivity (Wildman–Crippen MR) is 103 cm³/mol. The van der Waals surface area contributed by atoms with Crippen molar-refractivity contribution >= 4 is 17.6 Å². The summed E-state index contributed by atoms with van der Waals surface area (Å²) in [5, 5.41) is 11.3. The van der Waals surface area contributed by atoms with Crippen molar-refractivity contribution in [2.45, 2.75) is 11.5 Å². The molecule has 2 atom stereocenters. The van der Waals surface area contributed by atoms with E-state index in [1.54, 1.807) is 54.6 Å². The topological polar surface area (TPSA) is 54.4 Å². The molecule has 5 rings (SSSR count). The molecule has 3 nitrogen and oxygen atoms in total. The maximum absolute atomic E-state index is 13.6. The van der Waals surface area contributed by atoms with Gasteiger partial charge in [-0.15, -0.1) is 0 Å². The molecule has 27 heavy (non-hydrogen) atoms. The second-order valence-electron chi connectivity index (χ2n) is 6.97. The first kappa shape index (κ1) is 15.9. The second kappa shape index (κ2) is 5.60. The molecule has 1 N–H and O–H groups in total. The van der Waals surface area contributed by atoms with Crippen LogP contribution in [0.15, 0.2) is 84.4 Å². The van der Waals surface area contributed by atoms with Crippen molar-refractivity contribution in [1.29, 1.82) is 0 Å². The van der Waals surface area contributed by atoms with Gasteiger partial charge >= 0.3 is 0 Å². The van der Waals surface area contributed by atoms with E-state index >= 15 is 0 Å². The minimum Gasteiger partial charge on any atom is -0.387 e. The maximum Gasteiger partial charge on any atom is 0.190 e. The van der Waals surface area contributed by atoms with Gasteiger partial charge in [0, 0.05) is 16.7 Å². The third-order valence-corrected chi connectivity index (χ3v) is 5.66. The fourth-order valence-corrected chi connectivity index (χ4v) is 4.44. The number of benzene rings is 3. The molecule has 2 aliphatic carbocycles. The smallest absolute Gasteiger partial charge is 0.190 e. The monoisotopic (exact) mass is 352 g/mol. The summed E-state index contributed by atoms with van der Waals surface area (Å²) in [6.45, 7) is 0. The highest BCUT2D eigenvalue weighted by molar-refractivity contribution is 6.24. The molecule has 0 aromatic heterocycles. The van der Waals surface area contributed by atoms with Gasteiger partial charge in [-0.3, -0.25) is 9.59 Å². The number of rotatable bonds is 2. The van der Waals surface area contributed by atoms with Crippen LogP contribution in [0.1, 0.15) is 43.5 Å². The van der Waals surface area contributed by atoms with Crippen LogP contribution in [0.3, 0.4) is 0 Å². The van der Waals surface area contributed by atoms with E-state index in [1.807, 2.05) is 30.3 Å². The van der Waals surface area contributed by atoms with Crippen molar-refractivity contribution in [3.8, 4) is 0 Å². The number of hydrogen-bond donors (Lipinski definition) is 1. The largest absolute Gasteiger partial charge is 0.387 e. The lowest BCUT2D eigenvalue weighted by atomic mass is 9.70. The number of aliphatic hydroxyl groups excluding tert-OH is 1. The molecule has 1 unspecified atom stereocenters. The van der Waals surface area contributed by atoms with Gasteiger partial charge in [0.25, 0.3) is 0 Å². The lowest BCUT2D eigenvalue weighted by Gasteiger charge is -2.31. The molecular formula is C24H16O3. The Morgan fingerprint density at radius 2 is 1.52 bits per heavy atom. The van der Waals surface area contributed by atoms with Crippen molar-refractivity contribution in [1.82, 2.24) is 0 Å². The fourth-order valence-electron chi connectivity index (χ4n) is 4.44. The summed E-state index contributed by atoms with van der Waals surface area (Å²) in [5.41, 5.74) is 2.01. The molecule has 3 aromatic rings. The SMILES string of the molecule is O=C(C1=Cc2ccccc2[C@@]12C(=O)c1ccccc1C2O)c1ccccc1. The van der Waals surface area contributed by atoms with Crippen molar-refractivity contribution in [2.24, 2.45) is 0 Å². The molecule has 0 bridgehead atoms. The third kappa shape index (κ3) is 1.95. The van der Waals surface area contributed by atoms with Gasteiger partial charge in [-0.05, 0) is 22.8 Å². The van der Waals surface area contributed by atoms with Crippen LogP contribution in [0.25, 0.3) is 6.08 Å². The Morgan fingerprint density at radius 1 is 0.852 bits per heavy atom. The minimum absolute atomic E-state index is 0.217. The Bertz CT molecular complexity index is 1130. The summed E-state index contributed by atoms with van der Waals surface area (Å²) in [5.74, 6) is -0.446. The molecule has 0 aliphatic heterocycles. The lowest BCUT2D eigenvalue weighted by Crippen LogP contribution is -2.39. The third-order valence-electron chi connectivity index (χ3n) is 5.66. The van der Waals surface area contributed by atoms with E-state index in [9.17, 15) is 14.7 Å². The fraction of sp³-hybridized carbons (Fsp3) is 0.0833. The van der Waals surface area contributed by atoms with Crippen LogP contribution in [-0.4, -0.2) is 16.7 Å². The Kier molecular flexibility index (Phi) is 3.30. The van der Waals surface area contributed by atoms with Gasteiger partial charge in [0.1, 0.15) is 11.5 Å². The zero-order valence-corrected chi connectivity index (χ0v) is 14.4.